The highest BCUT2D eigenvalue weighted by atomic mass is 16.7. The fourth-order valence-electron chi connectivity index (χ4n) is 4.02. The third-order valence-corrected chi connectivity index (χ3v) is 5.93. The van der Waals surface area contributed by atoms with Gasteiger partial charge in [0.15, 0.2) is 12.6 Å². The van der Waals surface area contributed by atoms with Crippen molar-refractivity contribution in [3.63, 3.8) is 0 Å². The van der Waals surface area contributed by atoms with Crippen LogP contribution in [0.15, 0.2) is 0 Å². The molecule has 2 rings (SSSR count). The summed E-state index contributed by atoms with van der Waals surface area (Å²) in [6, 6.07) is 0. The second-order valence-corrected chi connectivity index (χ2v) is 8.53. The number of terminal acetylenes is 2. The summed E-state index contributed by atoms with van der Waals surface area (Å²) in [5.74, 6) is 3.45. The number of hydrogen-bond donors (Lipinski definition) is 6. The van der Waals surface area contributed by atoms with E-state index in [4.69, 9.17) is 46.0 Å². The van der Waals surface area contributed by atoms with Crippen LogP contribution in [0.4, 0.5) is 0 Å². The van der Waals surface area contributed by atoms with E-state index in [1.165, 1.54) is 14.2 Å². The molecule has 0 aliphatic carbocycles. The first-order valence-electron chi connectivity index (χ1n) is 12.0. The quantitative estimate of drug-likeness (QED) is 0.111. The third kappa shape index (κ3) is 9.07. The van der Waals surface area contributed by atoms with Crippen LogP contribution in [0, 0.1) is 24.7 Å². The lowest BCUT2D eigenvalue weighted by Crippen LogP contribution is -2.65. The third-order valence-electron chi connectivity index (χ3n) is 5.93. The highest BCUT2D eigenvalue weighted by Gasteiger charge is 2.51. The largest absolute Gasteiger partial charge is 0.394 e. The van der Waals surface area contributed by atoms with Gasteiger partial charge in [0.25, 0.3) is 0 Å². The van der Waals surface area contributed by atoms with Crippen LogP contribution >= 0.6 is 0 Å². The molecule has 0 saturated carbocycles. The molecule has 2 aliphatic heterocycles. The van der Waals surface area contributed by atoms with Crippen LogP contribution in [0.5, 0.6) is 0 Å². The molecule has 2 aliphatic rings. The molecule has 0 aromatic heterocycles. The fraction of sp³-hybridized carbons (Fsp3) is 0.750. The van der Waals surface area contributed by atoms with E-state index >= 15 is 0 Å². The van der Waals surface area contributed by atoms with Gasteiger partial charge in [-0.2, -0.15) is 0 Å². The summed E-state index contributed by atoms with van der Waals surface area (Å²) in [4.78, 5) is 23.6. The van der Waals surface area contributed by atoms with E-state index in [0.717, 1.165) is 0 Å². The van der Waals surface area contributed by atoms with Gasteiger partial charge in [0.05, 0.1) is 26.3 Å². The zero-order valence-electron chi connectivity index (χ0n) is 21.6. The number of ether oxygens (including phenoxy) is 7. The molecule has 2 fully saturated rings. The van der Waals surface area contributed by atoms with Crippen molar-refractivity contribution in [2.24, 2.45) is 0 Å². The first-order chi connectivity index (χ1) is 18.7. The van der Waals surface area contributed by atoms with Crippen molar-refractivity contribution >= 4 is 11.8 Å². The molecule has 15 nitrogen and oxygen atoms in total. The molecule has 220 valence electrons. The summed E-state index contributed by atoms with van der Waals surface area (Å²) < 4.78 is 38.5. The van der Waals surface area contributed by atoms with Crippen LogP contribution in [0.1, 0.15) is 0 Å². The number of carbonyl (C=O) groups is 2. The maximum atomic E-state index is 11.9. The van der Waals surface area contributed by atoms with Gasteiger partial charge in [0.1, 0.15) is 62.0 Å². The lowest BCUT2D eigenvalue weighted by atomic mass is 9.96. The SMILES string of the molecule is C#CCNC(=O)COCC1OC(OC2C(CO)OC(OC)C(OCC(=O)NCC#C)C2O)C(O)C(O)C1OC. The Morgan fingerprint density at radius 2 is 1.44 bits per heavy atom. The highest BCUT2D eigenvalue weighted by molar-refractivity contribution is 5.77. The number of carbonyl (C=O) groups excluding carboxylic acids is 2. The molecule has 10 atom stereocenters. The number of aliphatic hydroxyl groups is 4. The Balaban J connectivity index is 2.12. The monoisotopic (exact) mass is 560 g/mol. The predicted octanol–water partition coefficient (Wildman–Crippen LogP) is -4.54. The average Bonchev–Trinajstić information content (AvgIpc) is 2.93. The maximum Gasteiger partial charge on any atom is 0.246 e. The molecule has 0 bridgehead atoms. The van der Waals surface area contributed by atoms with Gasteiger partial charge in [-0.15, -0.1) is 12.8 Å². The number of aliphatic hydroxyl groups excluding tert-OH is 4. The molecule has 0 aromatic rings. The fourth-order valence-corrected chi connectivity index (χ4v) is 4.02. The molecule has 6 N–H and O–H groups in total. The summed E-state index contributed by atoms with van der Waals surface area (Å²) in [5, 5.41) is 47.0. The molecule has 0 aromatic carbocycles. The Morgan fingerprint density at radius 1 is 0.821 bits per heavy atom. The molecule has 39 heavy (non-hydrogen) atoms. The molecule has 2 saturated heterocycles. The van der Waals surface area contributed by atoms with Crippen LogP contribution in [0.3, 0.4) is 0 Å². The van der Waals surface area contributed by atoms with Crippen molar-refractivity contribution in [2.75, 3.05) is 53.7 Å². The molecule has 2 heterocycles. The standard InChI is InChI=1S/C24H36N2O13/c1-5-7-25-15(28)11-35-10-14-20(33-3)17(30)18(31)23(38-14)39-21-13(9-27)37-24(34-4)22(19(21)32)36-12-16(29)26-8-6-2/h1-2,13-14,17-24,27,30-32H,7-12H2,3-4H3,(H,25,28)(H,26,29). The Bertz CT molecular complexity index is 862. The first kappa shape index (κ1) is 32.8. The minimum absolute atomic E-state index is 0.0195. The van der Waals surface area contributed by atoms with Crippen molar-refractivity contribution in [3.05, 3.63) is 0 Å². The van der Waals surface area contributed by atoms with Gasteiger partial charge in [-0.3, -0.25) is 9.59 Å². The highest BCUT2D eigenvalue weighted by Crippen LogP contribution is 2.31. The second-order valence-electron chi connectivity index (χ2n) is 8.53. The van der Waals surface area contributed by atoms with E-state index < -0.39 is 86.4 Å². The van der Waals surface area contributed by atoms with Crippen LogP contribution in [-0.4, -0.2) is 147 Å². The van der Waals surface area contributed by atoms with Gasteiger partial charge >= 0.3 is 0 Å². The van der Waals surface area contributed by atoms with E-state index in [-0.39, 0.29) is 26.3 Å². The second kappa shape index (κ2) is 16.7. The van der Waals surface area contributed by atoms with Gasteiger partial charge in [-0.05, 0) is 0 Å². The number of amides is 2. The molecular weight excluding hydrogens is 524 g/mol. The van der Waals surface area contributed by atoms with Crippen LogP contribution in [0.25, 0.3) is 0 Å². The normalized spacial score (nSPS) is 34.5. The van der Waals surface area contributed by atoms with Crippen LogP contribution < -0.4 is 10.6 Å². The van der Waals surface area contributed by atoms with Crippen LogP contribution in [-0.2, 0) is 42.7 Å². The Kier molecular flexibility index (Phi) is 14.0. The van der Waals surface area contributed by atoms with Crippen molar-refractivity contribution in [2.45, 2.75) is 61.4 Å². The smallest absolute Gasteiger partial charge is 0.246 e. The van der Waals surface area contributed by atoms with Crippen molar-refractivity contribution in [3.8, 4) is 24.7 Å². The van der Waals surface area contributed by atoms with Crippen molar-refractivity contribution in [1.82, 2.24) is 10.6 Å². The summed E-state index contributed by atoms with van der Waals surface area (Å²) in [6.45, 7) is -1.76. The minimum Gasteiger partial charge on any atom is -0.394 e. The van der Waals surface area contributed by atoms with Gasteiger partial charge in [0.2, 0.25) is 11.8 Å². The summed E-state index contributed by atoms with van der Waals surface area (Å²) >= 11 is 0. The lowest BCUT2D eigenvalue weighted by molar-refractivity contribution is -0.361. The van der Waals surface area contributed by atoms with E-state index in [9.17, 15) is 30.0 Å². The maximum absolute atomic E-state index is 11.9. The van der Waals surface area contributed by atoms with E-state index in [2.05, 4.69) is 22.5 Å². The molecule has 0 spiro atoms. The van der Waals surface area contributed by atoms with E-state index in [0.29, 0.717) is 0 Å². The minimum atomic E-state index is -1.66. The van der Waals surface area contributed by atoms with Crippen LogP contribution in [0.2, 0.25) is 0 Å². The van der Waals surface area contributed by atoms with Gasteiger partial charge < -0.3 is 64.2 Å². The van der Waals surface area contributed by atoms with Crippen molar-refractivity contribution < 1.29 is 63.2 Å². The van der Waals surface area contributed by atoms with E-state index in [1.807, 2.05) is 0 Å². The topological polar surface area (TPSA) is 204 Å². The predicted molar refractivity (Wildman–Crippen MR) is 129 cm³/mol. The molecule has 10 unspecified atom stereocenters. The molecule has 2 amide bonds. The first-order valence-corrected chi connectivity index (χ1v) is 12.0. The zero-order chi connectivity index (χ0) is 28.9. The zero-order valence-corrected chi connectivity index (χ0v) is 21.6. The number of nitrogens with one attached hydrogen (secondary N) is 2. The molecular formula is C24H36N2O13. The molecule has 15 heteroatoms. The lowest BCUT2D eigenvalue weighted by Gasteiger charge is -2.47. The summed E-state index contributed by atoms with van der Waals surface area (Å²) in [6.07, 6.45) is -3.20. The van der Waals surface area contributed by atoms with Gasteiger partial charge in [0, 0.05) is 14.2 Å². The number of methoxy groups -OCH3 is 2. The summed E-state index contributed by atoms with van der Waals surface area (Å²) in [7, 11) is 2.55. The Morgan fingerprint density at radius 3 is 2.00 bits per heavy atom. The number of hydrogen-bond acceptors (Lipinski definition) is 13. The Hall–Kier alpha value is -2.38. The van der Waals surface area contributed by atoms with Gasteiger partial charge in [-0.1, -0.05) is 11.8 Å². The van der Waals surface area contributed by atoms with E-state index in [1.54, 1.807) is 0 Å². The van der Waals surface area contributed by atoms with Crippen molar-refractivity contribution in [1.29, 1.82) is 0 Å². The average molecular weight is 561 g/mol. The molecule has 0 radical (unpaired) electrons. The number of rotatable bonds is 14. The Labute approximate surface area is 226 Å². The van der Waals surface area contributed by atoms with Gasteiger partial charge in [-0.25, -0.2) is 0 Å². The summed E-state index contributed by atoms with van der Waals surface area (Å²) in [5.41, 5.74) is 0.